The van der Waals surface area contributed by atoms with Crippen LogP contribution in [0.4, 0.5) is 10.1 Å². The Morgan fingerprint density at radius 3 is 2.59 bits per heavy atom. The maximum atomic E-state index is 13.2. The molecule has 0 unspecified atom stereocenters. The molecule has 0 aliphatic rings. The largest absolute Gasteiger partial charge is 0.497 e. The van der Waals surface area contributed by atoms with E-state index in [1.807, 2.05) is 24.3 Å². The number of carbonyl (C=O) groups excluding carboxylic acids is 2. The van der Waals surface area contributed by atoms with Crippen LogP contribution in [0.25, 0.3) is 10.6 Å². The molecule has 3 aromatic rings. The first-order chi connectivity index (χ1) is 13.9. The average Bonchev–Trinajstić information content (AvgIpc) is 3.09. The number of rotatable bonds is 6. The Morgan fingerprint density at radius 2 is 1.93 bits per heavy atom. The van der Waals surface area contributed by atoms with Gasteiger partial charge in [-0.2, -0.15) is 0 Å². The Morgan fingerprint density at radius 1 is 1.21 bits per heavy atom. The van der Waals surface area contributed by atoms with Gasteiger partial charge in [-0.1, -0.05) is 6.07 Å². The molecule has 0 aliphatic heterocycles. The number of methoxy groups -OCH3 is 1. The van der Waals surface area contributed by atoms with Gasteiger partial charge in [0.1, 0.15) is 21.5 Å². The molecule has 3 rings (SSSR count). The molecule has 0 radical (unpaired) electrons. The SMILES string of the molecule is COc1ccc(-c2nc(C)c(C(=O)N(C)CC(=O)Nc3cccc(F)c3)s2)cc1. The third-order valence-electron chi connectivity index (χ3n) is 4.16. The smallest absolute Gasteiger partial charge is 0.266 e. The molecular formula is C21H20FN3O3S. The molecule has 29 heavy (non-hydrogen) atoms. The topological polar surface area (TPSA) is 71.5 Å². The van der Waals surface area contributed by atoms with Crippen LogP contribution in [-0.2, 0) is 4.79 Å². The zero-order valence-electron chi connectivity index (χ0n) is 16.2. The number of anilines is 1. The molecule has 1 aromatic heterocycles. The quantitative estimate of drug-likeness (QED) is 0.664. The maximum absolute atomic E-state index is 13.2. The lowest BCUT2D eigenvalue weighted by atomic mass is 10.2. The molecule has 6 nitrogen and oxygen atoms in total. The summed E-state index contributed by atoms with van der Waals surface area (Å²) < 4.78 is 18.4. The number of amides is 2. The third-order valence-corrected chi connectivity index (χ3v) is 5.36. The first-order valence-corrected chi connectivity index (χ1v) is 9.61. The average molecular weight is 413 g/mol. The number of benzene rings is 2. The standard InChI is InChI=1S/C21H20FN3O3S/c1-13-19(29-20(23-13)14-7-9-17(28-3)10-8-14)21(27)25(2)12-18(26)24-16-6-4-5-15(22)11-16/h4-11H,12H2,1-3H3,(H,24,26). The summed E-state index contributed by atoms with van der Waals surface area (Å²) in [6, 6.07) is 13.0. The molecule has 0 fully saturated rings. The van der Waals surface area contributed by atoms with E-state index in [0.717, 1.165) is 11.3 Å². The molecular weight excluding hydrogens is 393 g/mol. The minimum Gasteiger partial charge on any atom is -0.497 e. The van der Waals surface area contributed by atoms with Gasteiger partial charge in [-0.05, 0) is 49.4 Å². The van der Waals surface area contributed by atoms with E-state index in [0.29, 0.717) is 21.3 Å². The molecule has 2 aromatic carbocycles. The molecule has 0 atom stereocenters. The number of aromatic nitrogens is 1. The van der Waals surface area contributed by atoms with Crippen LogP contribution >= 0.6 is 11.3 Å². The van der Waals surface area contributed by atoms with Crippen molar-refractivity contribution in [1.82, 2.24) is 9.88 Å². The fraction of sp³-hybridized carbons (Fsp3) is 0.190. The van der Waals surface area contributed by atoms with E-state index in [9.17, 15) is 14.0 Å². The van der Waals surface area contributed by atoms with Gasteiger partial charge in [0, 0.05) is 18.3 Å². The Kier molecular flexibility index (Phi) is 6.23. The minimum absolute atomic E-state index is 0.162. The van der Waals surface area contributed by atoms with Crippen LogP contribution in [0.3, 0.4) is 0 Å². The molecule has 1 N–H and O–H groups in total. The highest BCUT2D eigenvalue weighted by Crippen LogP contribution is 2.29. The summed E-state index contributed by atoms with van der Waals surface area (Å²) >= 11 is 1.27. The predicted octanol–water partition coefficient (Wildman–Crippen LogP) is 3.98. The molecule has 8 heteroatoms. The minimum atomic E-state index is -0.446. The van der Waals surface area contributed by atoms with Crippen molar-refractivity contribution in [2.75, 3.05) is 26.0 Å². The fourth-order valence-electron chi connectivity index (χ4n) is 2.68. The first kappa shape index (κ1) is 20.5. The van der Waals surface area contributed by atoms with Gasteiger partial charge < -0.3 is 15.0 Å². The zero-order valence-corrected chi connectivity index (χ0v) is 17.0. The van der Waals surface area contributed by atoms with Gasteiger partial charge in [0.05, 0.1) is 19.3 Å². The lowest BCUT2D eigenvalue weighted by Gasteiger charge is -2.16. The summed E-state index contributed by atoms with van der Waals surface area (Å²) in [5.74, 6) is -0.418. The normalized spacial score (nSPS) is 10.5. The molecule has 0 saturated carbocycles. The van der Waals surface area contributed by atoms with Gasteiger partial charge >= 0.3 is 0 Å². The van der Waals surface area contributed by atoms with Crippen molar-refractivity contribution in [2.45, 2.75) is 6.92 Å². The number of carbonyl (C=O) groups is 2. The highest BCUT2D eigenvalue weighted by molar-refractivity contribution is 7.17. The first-order valence-electron chi connectivity index (χ1n) is 8.80. The molecule has 0 spiro atoms. The van der Waals surface area contributed by atoms with E-state index >= 15 is 0 Å². The number of hydrogen-bond acceptors (Lipinski definition) is 5. The van der Waals surface area contributed by atoms with Gasteiger partial charge in [-0.15, -0.1) is 11.3 Å². The van der Waals surface area contributed by atoms with Crippen LogP contribution in [0.2, 0.25) is 0 Å². The predicted molar refractivity (Wildman–Crippen MR) is 111 cm³/mol. The van der Waals surface area contributed by atoms with Gasteiger partial charge in [-0.3, -0.25) is 9.59 Å². The summed E-state index contributed by atoms with van der Waals surface area (Å²) in [5, 5.41) is 3.29. The molecule has 1 heterocycles. The van der Waals surface area contributed by atoms with Gasteiger partial charge in [0.15, 0.2) is 0 Å². The molecule has 0 aliphatic carbocycles. The second-order valence-corrected chi connectivity index (χ2v) is 7.38. The van der Waals surface area contributed by atoms with Crippen LogP contribution in [0.1, 0.15) is 15.4 Å². The van der Waals surface area contributed by atoms with Gasteiger partial charge in [0.2, 0.25) is 5.91 Å². The van der Waals surface area contributed by atoms with Crippen molar-refractivity contribution in [1.29, 1.82) is 0 Å². The number of halogens is 1. The fourth-order valence-corrected chi connectivity index (χ4v) is 3.75. The summed E-state index contributed by atoms with van der Waals surface area (Å²) in [6.45, 7) is 1.60. The molecule has 150 valence electrons. The monoisotopic (exact) mass is 413 g/mol. The Bertz CT molecular complexity index is 1030. The van der Waals surface area contributed by atoms with Crippen molar-refractivity contribution in [2.24, 2.45) is 0 Å². The van der Waals surface area contributed by atoms with E-state index in [1.165, 1.54) is 34.4 Å². The lowest BCUT2D eigenvalue weighted by molar-refractivity contribution is -0.116. The highest BCUT2D eigenvalue weighted by atomic mass is 32.1. The Hall–Kier alpha value is -3.26. The highest BCUT2D eigenvalue weighted by Gasteiger charge is 2.21. The van der Waals surface area contributed by atoms with Crippen LogP contribution in [0, 0.1) is 12.7 Å². The van der Waals surface area contributed by atoms with Crippen LogP contribution < -0.4 is 10.1 Å². The number of aryl methyl sites for hydroxylation is 1. The van der Waals surface area contributed by atoms with Crippen molar-refractivity contribution in [3.05, 3.63) is 64.9 Å². The second-order valence-electron chi connectivity index (χ2n) is 6.38. The van der Waals surface area contributed by atoms with E-state index in [4.69, 9.17) is 4.74 Å². The number of ether oxygens (including phenoxy) is 1. The molecule has 0 saturated heterocycles. The van der Waals surface area contributed by atoms with E-state index in [2.05, 4.69) is 10.3 Å². The summed E-state index contributed by atoms with van der Waals surface area (Å²) in [4.78, 5) is 31.2. The van der Waals surface area contributed by atoms with Crippen LogP contribution in [0.15, 0.2) is 48.5 Å². The van der Waals surface area contributed by atoms with Crippen molar-refractivity contribution in [3.8, 4) is 16.3 Å². The van der Waals surface area contributed by atoms with Crippen LogP contribution in [0.5, 0.6) is 5.75 Å². The third kappa shape index (κ3) is 4.97. The maximum Gasteiger partial charge on any atom is 0.266 e. The zero-order chi connectivity index (χ0) is 21.0. The lowest BCUT2D eigenvalue weighted by Crippen LogP contribution is -2.34. The Labute approximate surface area is 172 Å². The van der Waals surface area contributed by atoms with Crippen LogP contribution in [-0.4, -0.2) is 42.4 Å². The van der Waals surface area contributed by atoms with Gasteiger partial charge in [0.25, 0.3) is 5.91 Å². The molecule has 0 bridgehead atoms. The van der Waals surface area contributed by atoms with Crippen molar-refractivity contribution < 1.29 is 18.7 Å². The summed E-state index contributed by atoms with van der Waals surface area (Å²) in [6.07, 6.45) is 0. The van der Waals surface area contributed by atoms with Crippen molar-refractivity contribution >= 4 is 28.8 Å². The second kappa shape index (κ2) is 8.83. The number of likely N-dealkylation sites (N-methyl/N-ethyl adjacent to an activating group) is 1. The number of nitrogens with zero attached hydrogens (tertiary/aromatic N) is 2. The summed E-state index contributed by atoms with van der Waals surface area (Å²) in [5.41, 5.74) is 1.82. The number of hydrogen-bond donors (Lipinski definition) is 1. The van der Waals surface area contributed by atoms with E-state index < -0.39 is 11.7 Å². The number of thiazole rings is 1. The number of nitrogens with one attached hydrogen (secondary N) is 1. The Balaban J connectivity index is 1.69. The van der Waals surface area contributed by atoms with Crippen molar-refractivity contribution in [3.63, 3.8) is 0 Å². The molecule has 2 amide bonds. The van der Waals surface area contributed by atoms with E-state index in [1.54, 1.807) is 27.1 Å². The summed E-state index contributed by atoms with van der Waals surface area (Å²) in [7, 11) is 3.14. The van der Waals surface area contributed by atoms with E-state index in [-0.39, 0.29) is 12.5 Å². The van der Waals surface area contributed by atoms with Gasteiger partial charge in [-0.25, -0.2) is 9.37 Å².